The third-order valence-corrected chi connectivity index (χ3v) is 4.39. The van der Waals surface area contributed by atoms with Crippen LogP contribution in [0.15, 0.2) is 46.9 Å². The number of hydrogen-bond donors (Lipinski definition) is 1. The van der Waals surface area contributed by atoms with Gasteiger partial charge in [0.1, 0.15) is 0 Å². The van der Waals surface area contributed by atoms with Gasteiger partial charge in [-0.1, -0.05) is 57.3 Å². The number of rotatable bonds is 4. The molecular formula is C16H16BrCl2N. The first kappa shape index (κ1) is 15.8. The molecule has 106 valence electrons. The first-order chi connectivity index (χ1) is 9.47. The second-order valence-corrected chi connectivity index (χ2v) is 6.59. The summed E-state index contributed by atoms with van der Waals surface area (Å²) in [5.41, 5.74) is 2.30. The van der Waals surface area contributed by atoms with Gasteiger partial charge in [0, 0.05) is 26.6 Å². The summed E-state index contributed by atoms with van der Waals surface area (Å²) < 4.78 is 1.09. The average Bonchev–Trinajstić information content (AvgIpc) is 2.39. The predicted octanol–water partition coefficient (Wildman–Crippen LogP) is 6.17. The SMILES string of the molecule is CC(NC(C)c1ccc(Cl)cc1Cl)c1ccc(Br)cc1. The lowest BCUT2D eigenvalue weighted by atomic mass is 10.0. The molecule has 2 aromatic rings. The summed E-state index contributed by atoms with van der Waals surface area (Å²) in [6, 6.07) is 14.3. The Kier molecular flexibility index (Phi) is 5.50. The lowest BCUT2D eigenvalue weighted by Crippen LogP contribution is -2.22. The van der Waals surface area contributed by atoms with Crippen molar-refractivity contribution in [2.45, 2.75) is 25.9 Å². The molecule has 4 heteroatoms. The molecular weight excluding hydrogens is 357 g/mol. The Morgan fingerprint density at radius 3 is 2.20 bits per heavy atom. The smallest absolute Gasteiger partial charge is 0.0468 e. The van der Waals surface area contributed by atoms with Gasteiger partial charge in [-0.3, -0.25) is 0 Å². The van der Waals surface area contributed by atoms with E-state index in [2.05, 4.69) is 47.2 Å². The highest BCUT2D eigenvalue weighted by Gasteiger charge is 2.13. The van der Waals surface area contributed by atoms with Gasteiger partial charge in [0.2, 0.25) is 0 Å². The van der Waals surface area contributed by atoms with Crippen LogP contribution in [0.5, 0.6) is 0 Å². The van der Waals surface area contributed by atoms with Crippen LogP contribution in [0.1, 0.15) is 37.1 Å². The first-order valence-corrected chi connectivity index (χ1v) is 7.98. The van der Waals surface area contributed by atoms with E-state index in [9.17, 15) is 0 Å². The van der Waals surface area contributed by atoms with Crippen LogP contribution in [0.2, 0.25) is 10.0 Å². The molecule has 0 aromatic heterocycles. The van der Waals surface area contributed by atoms with Gasteiger partial charge in [0.05, 0.1) is 0 Å². The average molecular weight is 373 g/mol. The van der Waals surface area contributed by atoms with Crippen molar-refractivity contribution in [3.8, 4) is 0 Å². The lowest BCUT2D eigenvalue weighted by molar-refractivity contribution is 0.495. The Labute approximate surface area is 138 Å². The van der Waals surface area contributed by atoms with Crippen LogP contribution in [0, 0.1) is 0 Å². The molecule has 2 atom stereocenters. The zero-order valence-electron chi connectivity index (χ0n) is 11.3. The predicted molar refractivity (Wildman–Crippen MR) is 90.6 cm³/mol. The van der Waals surface area contributed by atoms with Crippen molar-refractivity contribution in [2.24, 2.45) is 0 Å². The molecule has 0 saturated carbocycles. The maximum absolute atomic E-state index is 6.24. The maximum Gasteiger partial charge on any atom is 0.0468 e. The summed E-state index contributed by atoms with van der Waals surface area (Å²) in [5.74, 6) is 0. The van der Waals surface area contributed by atoms with E-state index in [1.54, 1.807) is 6.07 Å². The Morgan fingerprint density at radius 1 is 0.950 bits per heavy atom. The topological polar surface area (TPSA) is 12.0 Å². The molecule has 0 bridgehead atoms. The van der Waals surface area contributed by atoms with Crippen molar-refractivity contribution < 1.29 is 0 Å². The fourth-order valence-electron chi connectivity index (χ4n) is 2.17. The number of nitrogens with one attached hydrogen (secondary N) is 1. The highest BCUT2D eigenvalue weighted by Crippen LogP contribution is 2.28. The Morgan fingerprint density at radius 2 is 1.60 bits per heavy atom. The quantitative estimate of drug-likeness (QED) is 0.676. The summed E-state index contributed by atoms with van der Waals surface area (Å²) in [4.78, 5) is 0. The van der Waals surface area contributed by atoms with E-state index < -0.39 is 0 Å². The van der Waals surface area contributed by atoms with Crippen molar-refractivity contribution >= 4 is 39.1 Å². The third-order valence-electron chi connectivity index (χ3n) is 3.30. The molecule has 0 heterocycles. The van der Waals surface area contributed by atoms with Crippen molar-refractivity contribution in [2.75, 3.05) is 0 Å². The van der Waals surface area contributed by atoms with E-state index in [1.165, 1.54) is 5.56 Å². The highest BCUT2D eigenvalue weighted by molar-refractivity contribution is 9.10. The maximum atomic E-state index is 6.24. The van der Waals surface area contributed by atoms with Gasteiger partial charge in [-0.25, -0.2) is 0 Å². The summed E-state index contributed by atoms with van der Waals surface area (Å²) in [5, 5.41) is 4.90. The summed E-state index contributed by atoms with van der Waals surface area (Å²) in [7, 11) is 0. The minimum absolute atomic E-state index is 0.151. The van der Waals surface area contributed by atoms with Crippen molar-refractivity contribution in [1.82, 2.24) is 5.32 Å². The zero-order valence-corrected chi connectivity index (χ0v) is 14.4. The van der Waals surface area contributed by atoms with E-state index in [4.69, 9.17) is 23.2 Å². The lowest BCUT2D eigenvalue weighted by Gasteiger charge is -2.21. The van der Waals surface area contributed by atoms with E-state index >= 15 is 0 Å². The van der Waals surface area contributed by atoms with Gasteiger partial charge in [-0.15, -0.1) is 0 Å². The van der Waals surface area contributed by atoms with Crippen molar-refractivity contribution in [3.05, 3.63) is 68.1 Å². The Bertz CT molecular complexity index is 584. The minimum atomic E-state index is 0.151. The molecule has 2 unspecified atom stereocenters. The number of benzene rings is 2. The van der Waals surface area contributed by atoms with Gasteiger partial charge < -0.3 is 5.32 Å². The van der Waals surface area contributed by atoms with Crippen LogP contribution in [0.25, 0.3) is 0 Å². The van der Waals surface area contributed by atoms with E-state index in [0.29, 0.717) is 10.0 Å². The van der Waals surface area contributed by atoms with Gasteiger partial charge in [0.15, 0.2) is 0 Å². The summed E-state index contributed by atoms with van der Waals surface area (Å²) >= 11 is 15.6. The third kappa shape index (κ3) is 3.98. The second kappa shape index (κ2) is 6.95. The Hall–Kier alpha value is -0.540. The molecule has 0 saturated heterocycles. The van der Waals surface area contributed by atoms with Gasteiger partial charge in [0.25, 0.3) is 0 Å². The first-order valence-electron chi connectivity index (χ1n) is 6.44. The molecule has 0 aliphatic rings. The normalized spacial score (nSPS) is 14.1. The molecule has 0 fully saturated rings. The van der Waals surface area contributed by atoms with E-state index in [0.717, 1.165) is 10.0 Å². The van der Waals surface area contributed by atoms with E-state index in [1.807, 2.05) is 24.3 Å². The van der Waals surface area contributed by atoms with Crippen LogP contribution < -0.4 is 5.32 Å². The fraction of sp³-hybridized carbons (Fsp3) is 0.250. The second-order valence-electron chi connectivity index (χ2n) is 4.83. The minimum Gasteiger partial charge on any atom is -0.304 e. The Balaban J connectivity index is 2.10. The van der Waals surface area contributed by atoms with Crippen LogP contribution >= 0.6 is 39.1 Å². The summed E-state index contributed by atoms with van der Waals surface area (Å²) in [6.45, 7) is 4.24. The summed E-state index contributed by atoms with van der Waals surface area (Å²) in [6.07, 6.45) is 0. The standard InChI is InChI=1S/C16H16BrCl2N/c1-10(12-3-5-13(17)6-4-12)20-11(2)15-8-7-14(18)9-16(15)19/h3-11,20H,1-2H3. The molecule has 0 aliphatic heterocycles. The van der Waals surface area contributed by atoms with Crippen LogP contribution in [0.3, 0.4) is 0 Å². The van der Waals surface area contributed by atoms with Gasteiger partial charge in [-0.2, -0.15) is 0 Å². The monoisotopic (exact) mass is 371 g/mol. The molecule has 0 aliphatic carbocycles. The molecule has 1 nitrogen and oxygen atoms in total. The molecule has 1 N–H and O–H groups in total. The fourth-order valence-corrected chi connectivity index (χ4v) is 3.00. The zero-order chi connectivity index (χ0) is 14.7. The van der Waals surface area contributed by atoms with Crippen LogP contribution in [-0.4, -0.2) is 0 Å². The molecule has 0 amide bonds. The largest absolute Gasteiger partial charge is 0.304 e. The van der Waals surface area contributed by atoms with Gasteiger partial charge >= 0.3 is 0 Å². The number of hydrogen-bond acceptors (Lipinski definition) is 1. The van der Waals surface area contributed by atoms with Crippen LogP contribution in [0.4, 0.5) is 0 Å². The molecule has 0 spiro atoms. The highest BCUT2D eigenvalue weighted by atomic mass is 79.9. The van der Waals surface area contributed by atoms with E-state index in [-0.39, 0.29) is 12.1 Å². The van der Waals surface area contributed by atoms with Crippen LogP contribution in [-0.2, 0) is 0 Å². The molecule has 2 rings (SSSR count). The van der Waals surface area contributed by atoms with Crippen molar-refractivity contribution in [3.63, 3.8) is 0 Å². The molecule has 2 aromatic carbocycles. The van der Waals surface area contributed by atoms with Gasteiger partial charge in [-0.05, 0) is 49.2 Å². The molecule has 20 heavy (non-hydrogen) atoms. The molecule has 0 radical (unpaired) electrons. The number of halogens is 3. The van der Waals surface area contributed by atoms with Crippen molar-refractivity contribution in [1.29, 1.82) is 0 Å².